The molecule has 0 atom stereocenters. The first-order chi connectivity index (χ1) is 14.5. The number of unbranched alkanes of at least 4 members (excludes halogenated alkanes) is 16. The van der Waals surface area contributed by atoms with Crippen molar-refractivity contribution in [1.29, 1.82) is 0 Å². The van der Waals surface area contributed by atoms with Crippen LogP contribution in [0.4, 0.5) is 0 Å². The Balaban J connectivity index is 4.92. The minimum absolute atomic E-state index is 1.36. The standard InChI is InChI=1S/C28H60BrP/c1-5-9-13-17-19-23-27-30(29,25-21-15-11-7-3,26-22-16-12-8-4)28-24-20-18-14-10-6-2/h5-28H2,1-4H3. The average molecular weight is 508 g/mol. The van der Waals surface area contributed by atoms with Gasteiger partial charge in [0.05, 0.1) is 0 Å². The molecule has 0 N–H and O–H groups in total. The van der Waals surface area contributed by atoms with Gasteiger partial charge in [-0.25, -0.2) is 0 Å². The van der Waals surface area contributed by atoms with Crippen molar-refractivity contribution in [3.8, 4) is 0 Å². The second-order valence-electron chi connectivity index (χ2n) is 10.4. The number of rotatable bonds is 24. The van der Waals surface area contributed by atoms with E-state index >= 15 is 0 Å². The van der Waals surface area contributed by atoms with E-state index < -0.39 is 5.31 Å². The number of hydrogen-bond acceptors (Lipinski definition) is 0. The van der Waals surface area contributed by atoms with Gasteiger partial charge in [-0.2, -0.15) is 0 Å². The SMILES string of the molecule is CCCCCCCCP(Br)(CCCCCC)(CCCCCC)CCCCCCCC. The van der Waals surface area contributed by atoms with Gasteiger partial charge in [-0.15, -0.1) is 0 Å². The molecule has 0 aromatic heterocycles. The molecule has 0 aliphatic heterocycles. The zero-order chi connectivity index (χ0) is 22.4. The molecule has 30 heavy (non-hydrogen) atoms. The normalized spacial score (nSPS) is 13.4. The predicted octanol–water partition coefficient (Wildman–Crippen LogP) is 11.7. The van der Waals surface area contributed by atoms with Gasteiger partial charge < -0.3 is 0 Å². The van der Waals surface area contributed by atoms with Crippen LogP contribution < -0.4 is 0 Å². The van der Waals surface area contributed by atoms with E-state index in [2.05, 4.69) is 27.7 Å². The fourth-order valence-corrected chi connectivity index (χ4v) is 13.5. The summed E-state index contributed by atoms with van der Waals surface area (Å²) in [6.45, 7) is 9.37. The van der Waals surface area contributed by atoms with Crippen LogP contribution in [-0.2, 0) is 0 Å². The molecule has 0 aliphatic carbocycles. The molecule has 0 saturated carbocycles. The van der Waals surface area contributed by atoms with E-state index in [9.17, 15) is 0 Å². The Labute approximate surface area is 201 Å². The van der Waals surface area contributed by atoms with Crippen LogP contribution in [0.5, 0.6) is 0 Å². The Morgan fingerprint density at radius 1 is 0.333 bits per heavy atom. The molecule has 0 rings (SSSR count). The maximum absolute atomic E-state index is 4.69. The molecular weight excluding hydrogens is 447 g/mol. The molecule has 0 aliphatic rings. The van der Waals surface area contributed by atoms with Gasteiger partial charge in [0.15, 0.2) is 0 Å². The fraction of sp³-hybridized carbons (Fsp3) is 1.00. The summed E-state index contributed by atoms with van der Waals surface area (Å²) in [5, 5.41) is -1.71. The van der Waals surface area contributed by atoms with Crippen molar-refractivity contribution in [3.05, 3.63) is 0 Å². The fourth-order valence-electron chi connectivity index (χ4n) is 5.11. The van der Waals surface area contributed by atoms with Crippen LogP contribution in [0.3, 0.4) is 0 Å². The van der Waals surface area contributed by atoms with Crippen LogP contribution in [0.25, 0.3) is 0 Å². The second kappa shape index (κ2) is 20.5. The molecule has 0 nitrogen and oxygen atoms in total. The molecule has 0 unspecified atom stereocenters. The topological polar surface area (TPSA) is 0 Å². The summed E-state index contributed by atoms with van der Waals surface area (Å²) < 4.78 is 0. The van der Waals surface area contributed by atoms with E-state index in [0.717, 1.165) is 0 Å². The molecule has 0 spiro atoms. The monoisotopic (exact) mass is 506 g/mol. The molecule has 0 aromatic carbocycles. The Morgan fingerprint density at radius 3 is 0.800 bits per heavy atom. The third-order valence-corrected chi connectivity index (χ3v) is 17.3. The van der Waals surface area contributed by atoms with E-state index in [1.165, 1.54) is 128 Å². The molecular formula is C28H60BrP. The summed E-state index contributed by atoms with van der Waals surface area (Å²) in [5.74, 6) is 0. The van der Waals surface area contributed by atoms with Gasteiger partial charge in [0.2, 0.25) is 0 Å². The summed E-state index contributed by atoms with van der Waals surface area (Å²) in [7, 11) is 0. The molecule has 0 radical (unpaired) electrons. The summed E-state index contributed by atoms with van der Waals surface area (Å²) in [6, 6.07) is 0. The molecule has 0 bridgehead atoms. The summed E-state index contributed by atoms with van der Waals surface area (Å²) >= 11 is 4.69. The van der Waals surface area contributed by atoms with E-state index in [0.29, 0.717) is 0 Å². The Hall–Kier alpha value is 0.910. The average Bonchev–Trinajstić information content (AvgIpc) is 2.74. The first-order valence-corrected chi connectivity index (χ1v) is 19.3. The van der Waals surface area contributed by atoms with Gasteiger partial charge in [-0.3, -0.25) is 0 Å². The van der Waals surface area contributed by atoms with Crippen LogP contribution in [0.2, 0.25) is 0 Å². The van der Waals surface area contributed by atoms with Crippen molar-refractivity contribution in [2.45, 2.75) is 156 Å². The van der Waals surface area contributed by atoms with Gasteiger partial charge in [-0.05, 0) is 0 Å². The van der Waals surface area contributed by atoms with Crippen molar-refractivity contribution in [1.82, 2.24) is 0 Å². The third kappa shape index (κ3) is 16.5. The zero-order valence-electron chi connectivity index (χ0n) is 21.8. The van der Waals surface area contributed by atoms with Crippen LogP contribution in [0, 0.1) is 0 Å². The quantitative estimate of drug-likeness (QED) is 0.0900. The van der Waals surface area contributed by atoms with Crippen molar-refractivity contribution < 1.29 is 0 Å². The molecule has 0 fully saturated rings. The van der Waals surface area contributed by atoms with E-state index in [1.807, 2.05) is 0 Å². The zero-order valence-corrected chi connectivity index (χ0v) is 24.3. The van der Waals surface area contributed by atoms with E-state index in [4.69, 9.17) is 15.5 Å². The van der Waals surface area contributed by atoms with Gasteiger partial charge in [0.25, 0.3) is 0 Å². The van der Waals surface area contributed by atoms with Crippen LogP contribution in [0.1, 0.15) is 156 Å². The van der Waals surface area contributed by atoms with E-state index in [1.54, 1.807) is 24.6 Å². The number of halogens is 1. The van der Waals surface area contributed by atoms with Crippen molar-refractivity contribution in [2.24, 2.45) is 0 Å². The summed E-state index contributed by atoms with van der Waals surface area (Å²) in [4.78, 5) is 0. The second-order valence-corrected chi connectivity index (χ2v) is 21.8. The Bertz CT molecular complexity index is 323. The number of hydrogen-bond donors (Lipinski definition) is 0. The molecule has 0 heterocycles. The molecule has 2 heteroatoms. The van der Waals surface area contributed by atoms with Gasteiger partial charge in [0.1, 0.15) is 0 Å². The third-order valence-electron chi connectivity index (χ3n) is 7.28. The summed E-state index contributed by atoms with van der Waals surface area (Å²) in [5.41, 5.74) is 0. The minimum atomic E-state index is -1.71. The molecule has 0 saturated heterocycles. The van der Waals surface area contributed by atoms with Gasteiger partial charge >= 0.3 is 202 Å². The van der Waals surface area contributed by atoms with Crippen LogP contribution >= 0.6 is 20.8 Å². The van der Waals surface area contributed by atoms with Crippen LogP contribution in [0.15, 0.2) is 0 Å². The molecule has 0 amide bonds. The Kier molecular flexibility index (Phi) is 21.1. The predicted molar refractivity (Wildman–Crippen MR) is 150 cm³/mol. The van der Waals surface area contributed by atoms with E-state index in [-0.39, 0.29) is 0 Å². The summed E-state index contributed by atoms with van der Waals surface area (Å²) in [6.07, 6.45) is 35.0. The first kappa shape index (κ1) is 30.9. The van der Waals surface area contributed by atoms with Gasteiger partial charge in [-0.1, -0.05) is 0 Å². The van der Waals surface area contributed by atoms with Crippen molar-refractivity contribution in [3.63, 3.8) is 0 Å². The van der Waals surface area contributed by atoms with Crippen LogP contribution in [-0.4, -0.2) is 24.6 Å². The Morgan fingerprint density at radius 2 is 0.533 bits per heavy atom. The van der Waals surface area contributed by atoms with Crippen molar-refractivity contribution >= 4 is 20.8 Å². The first-order valence-electron chi connectivity index (χ1n) is 14.3. The molecule has 184 valence electrons. The van der Waals surface area contributed by atoms with Gasteiger partial charge in [0, 0.05) is 0 Å². The van der Waals surface area contributed by atoms with Crippen molar-refractivity contribution in [2.75, 3.05) is 24.6 Å². The molecule has 0 aromatic rings. The maximum atomic E-state index is 4.69.